The van der Waals surface area contributed by atoms with Gasteiger partial charge in [0.05, 0.1) is 6.61 Å². The number of hydrogen-bond donors (Lipinski definition) is 7. The van der Waals surface area contributed by atoms with Crippen LogP contribution in [0.15, 0.2) is 42.0 Å². The summed E-state index contributed by atoms with van der Waals surface area (Å²) in [6, 6.07) is 7.02. The second kappa shape index (κ2) is 10.7. The van der Waals surface area contributed by atoms with Crippen molar-refractivity contribution >= 4 is 5.78 Å². The largest absolute Gasteiger partial charge is 0.508 e. The van der Waals surface area contributed by atoms with Gasteiger partial charge in [0.2, 0.25) is 12.1 Å². The minimum absolute atomic E-state index is 0.0162. The Morgan fingerprint density at radius 2 is 1.70 bits per heavy atom. The zero-order chi connectivity index (χ0) is 27.0. The maximum atomic E-state index is 13.1. The predicted octanol–water partition coefficient (Wildman–Crippen LogP) is 0.462. The van der Waals surface area contributed by atoms with Gasteiger partial charge in [0, 0.05) is 11.6 Å². The van der Waals surface area contributed by atoms with Crippen molar-refractivity contribution in [3.8, 4) is 23.0 Å². The average Bonchev–Trinajstić information content (AvgIpc) is 2.86. The molecule has 0 aromatic heterocycles. The van der Waals surface area contributed by atoms with E-state index in [1.165, 1.54) is 30.3 Å². The summed E-state index contributed by atoms with van der Waals surface area (Å²) in [5.41, 5.74) is 1.17. The summed E-state index contributed by atoms with van der Waals surface area (Å²) < 4.78 is 17.2. The number of hydrogen-bond acceptors (Lipinski definition) is 11. The van der Waals surface area contributed by atoms with Crippen LogP contribution in [0.5, 0.6) is 23.0 Å². The molecule has 200 valence electrons. The highest BCUT2D eigenvalue weighted by molar-refractivity contribution is 6.06. The molecular formula is C26H30O11. The van der Waals surface area contributed by atoms with E-state index >= 15 is 0 Å². The first-order valence-corrected chi connectivity index (χ1v) is 11.7. The number of phenolic OH excluding ortho intramolecular Hbond substituents is 2. The van der Waals surface area contributed by atoms with E-state index in [1.807, 2.05) is 13.8 Å². The fourth-order valence-electron chi connectivity index (χ4n) is 4.29. The Hall–Kier alpha value is -3.19. The van der Waals surface area contributed by atoms with E-state index in [4.69, 9.17) is 14.2 Å². The van der Waals surface area contributed by atoms with Gasteiger partial charge in [0.15, 0.2) is 12.2 Å². The van der Waals surface area contributed by atoms with Crippen molar-refractivity contribution in [2.24, 2.45) is 0 Å². The van der Waals surface area contributed by atoms with E-state index in [0.29, 0.717) is 5.56 Å². The van der Waals surface area contributed by atoms with Gasteiger partial charge in [-0.3, -0.25) is 4.79 Å². The van der Waals surface area contributed by atoms with Crippen LogP contribution < -0.4 is 9.47 Å². The van der Waals surface area contributed by atoms with Crippen LogP contribution in [0.4, 0.5) is 0 Å². The number of Topliss-reactive ketones (excluding diaryl/α,β-unsaturated/α-hetero) is 1. The summed E-state index contributed by atoms with van der Waals surface area (Å²) >= 11 is 0. The van der Waals surface area contributed by atoms with Crippen molar-refractivity contribution in [1.82, 2.24) is 0 Å². The van der Waals surface area contributed by atoms with Crippen molar-refractivity contribution < 1.29 is 54.8 Å². The molecule has 0 amide bonds. The summed E-state index contributed by atoms with van der Waals surface area (Å²) in [6.45, 7) is 3.00. The first-order valence-electron chi connectivity index (χ1n) is 11.7. The summed E-state index contributed by atoms with van der Waals surface area (Å²) in [6.07, 6.45) is -8.68. The number of aromatic hydroxyl groups is 2. The van der Waals surface area contributed by atoms with E-state index in [-0.39, 0.29) is 34.8 Å². The van der Waals surface area contributed by atoms with Crippen molar-refractivity contribution in [2.45, 2.75) is 63.2 Å². The quantitative estimate of drug-likeness (QED) is 0.263. The maximum absolute atomic E-state index is 13.1. The van der Waals surface area contributed by atoms with E-state index in [2.05, 4.69) is 0 Å². The van der Waals surface area contributed by atoms with Gasteiger partial charge < -0.3 is 50.0 Å². The first-order chi connectivity index (χ1) is 17.5. The first kappa shape index (κ1) is 26.9. The zero-order valence-electron chi connectivity index (χ0n) is 20.2. The molecule has 0 radical (unpaired) electrons. The highest BCUT2D eigenvalue weighted by Crippen LogP contribution is 2.46. The maximum Gasteiger partial charge on any atom is 0.229 e. The number of aliphatic hydroxyl groups excluding tert-OH is 5. The molecule has 11 nitrogen and oxygen atoms in total. The van der Waals surface area contributed by atoms with E-state index in [1.54, 1.807) is 6.08 Å². The molecule has 0 aliphatic carbocycles. The second-order valence-electron chi connectivity index (χ2n) is 9.31. The minimum atomic E-state index is -1.71. The molecular weight excluding hydrogens is 488 g/mol. The molecule has 0 spiro atoms. The molecule has 2 heterocycles. The Kier molecular flexibility index (Phi) is 7.74. The predicted molar refractivity (Wildman–Crippen MR) is 127 cm³/mol. The standard InChI is InChI=1S/C26H30O11/c1-11(2)3-8-14-15(36-26-24(34)22(32)20(30)17(10-27)37-26)9-16-18(19(14)29)21(31)23(33)25(35-16)12-4-6-13(28)7-5-12/h3-7,9,17,20,22-30,32-34H,8,10H2,1-2H3/t17-,20+,22+,23-,24-,25+,26-/m0/s1. The molecule has 0 unspecified atom stereocenters. The molecule has 11 heteroatoms. The van der Waals surface area contributed by atoms with Crippen molar-refractivity contribution in [1.29, 1.82) is 0 Å². The molecule has 0 saturated carbocycles. The van der Waals surface area contributed by atoms with E-state index < -0.39 is 61.1 Å². The Morgan fingerprint density at radius 1 is 1.03 bits per heavy atom. The number of ketones is 1. The van der Waals surface area contributed by atoms with Crippen LogP contribution in [-0.4, -0.2) is 84.9 Å². The van der Waals surface area contributed by atoms with Gasteiger partial charge in [-0.15, -0.1) is 0 Å². The molecule has 0 bridgehead atoms. The SMILES string of the molecule is CC(C)=CCc1c(O[C@H]2O[C@@H](CO)[C@@H](O)[C@@H](O)[C@@H]2O)cc2c(c1O)C(=O)[C@H](O)[C@@H](c1ccc(O)cc1)O2. The fraction of sp³-hybridized carbons (Fsp3) is 0.423. The third kappa shape index (κ3) is 5.14. The van der Waals surface area contributed by atoms with Gasteiger partial charge >= 0.3 is 0 Å². The Morgan fingerprint density at radius 3 is 2.32 bits per heavy atom. The lowest BCUT2D eigenvalue weighted by atomic mass is 9.90. The van der Waals surface area contributed by atoms with Crippen LogP contribution in [0.3, 0.4) is 0 Å². The van der Waals surface area contributed by atoms with Gasteiger partial charge in [-0.1, -0.05) is 23.8 Å². The lowest BCUT2D eigenvalue weighted by molar-refractivity contribution is -0.277. The highest BCUT2D eigenvalue weighted by atomic mass is 16.7. The molecule has 4 rings (SSSR count). The van der Waals surface area contributed by atoms with Crippen LogP contribution in [0.2, 0.25) is 0 Å². The van der Waals surface area contributed by atoms with Crippen LogP contribution >= 0.6 is 0 Å². The Bertz CT molecular complexity index is 1170. The average molecular weight is 519 g/mol. The molecule has 2 aliphatic rings. The Labute approximate surface area is 212 Å². The highest BCUT2D eigenvalue weighted by Gasteiger charge is 2.46. The Balaban J connectivity index is 1.77. The normalized spacial score (nSPS) is 29.3. The number of ether oxygens (including phenoxy) is 3. The van der Waals surface area contributed by atoms with E-state index in [0.717, 1.165) is 5.57 Å². The number of phenols is 2. The van der Waals surface area contributed by atoms with Gasteiger partial charge in [0.25, 0.3) is 0 Å². The molecule has 2 aromatic carbocycles. The second-order valence-corrected chi connectivity index (χ2v) is 9.31. The fourth-order valence-corrected chi connectivity index (χ4v) is 4.29. The monoisotopic (exact) mass is 518 g/mol. The van der Waals surface area contributed by atoms with Crippen LogP contribution in [-0.2, 0) is 11.2 Å². The number of benzene rings is 2. The lowest BCUT2D eigenvalue weighted by Crippen LogP contribution is -2.60. The van der Waals surface area contributed by atoms with Gasteiger partial charge in [-0.2, -0.15) is 0 Å². The summed E-state index contributed by atoms with van der Waals surface area (Å²) in [4.78, 5) is 13.1. The van der Waals surface area contributed by atoms with E-state index in [9.17, 15) is 40.5 Å². The third-order valence-corrected chi connectivity index (χ3v) is 6.41. The van der Waals surface area contributed by atoms with Crippen molar-refractivity contribution in [3.05, 3.63) is 58.7 Å². The summed E-state index contributed by atoms with van der Waals surface area (Å²) in [5, 5.41) is 71.5. The van der Waals surface area contributed by atoms with Crippen molar-refractivity contribution in [3.63, 3.8) is 0 Å². The summed E-state index contributed by atoms with van der Waals surface area (Å²) in [5.74, 6) is -1.45. The molecule has 2 aromatic rings. The molecule has 7 atom stereocenters. The number of fused-ring (bicyclic) bond motifs is 1. The minimum Gasteiger partial charge on any atom is -0.508 e. The van der Waals surface area contributed by atoms with Crippen LogP contribution in [0.1, 0.15) is 41.4 Å². The van der Waals surface area contributed by atoms with Gasteiger partial charge in [-0.25, -0.2) is 0 Å². The molecule has 1 saturated heterocycles. The van der Waals surface area contributed by atoms with Gasteiger partial charge in [0.1, 0.15) is 53.0 Å². The number of carbonyl (C=O) groups is 1. The number of rotatable bonds is 6. The zero-order valence-corrected chi connectivity index (χ0v) is 20.2. The van der Waals surface area contributed by atoms with Crippen LogP contribution in [0, 0.1) is 0 Å². The number of aliphatic hydroxyl groups is 5. The number of allylic oxidation sites excluding steroid dienone is 2. The third-order valence-electron chi connectivity index (χ3n) is 6.41. The number of carbonyl (C=O) groups excluding carboxylic acids is 1. The molecule has 37 heavy (non-hydrogen) atoms. The van der Waals surface area contributed by atoms with Crippen molar-refractivity contribution in [2.75, 3.05) is 6.61 Å². The summed E-state index contributed by atoms with van der Waals surface area (Å²) in [7, 11) is 0. The van der Waals surface area contributed by atoms with Crippen LogP contribution in [0.25, 0.3) is 0 Å². The van der Waals surface area contributed by atoms with Gasteiger partial charge in [-0.05, 0) is 38.0 Å². The molecule has 1 fully saturated rings. The molecule has 2 aliphatic heterocycles. The smallest absolute Gasteiger partial charge is 0.229 e. The molecule has 7 N–H and O–H groups in total. The topological polar surface area (TPSA) is 186 Å². The lowest BCUT2D eigenvalue weighted by Gasteiger charge is -2.40.